The van der Waals surface area contributed by atoms with Gasteiger partial charge in [-0.2, -0.15) is 0 Å². The van der Waals surface area contributed by atoms with Crippen molar-refractivity contribution < 1.29 is 9.59 Å². The maximum absolute atomic E-state index is 12.7. The molecule has 2 N–H and O–H groups in total. The second-order valence-corrected chi connectivity index (χ2v) is 6.14. The number of nitrogens with zero attached hydrogens (tertiary/aromatic N) is 1. The number of benzene rings is 1. The van der Waals surface area contributed by atoms with E-state index < -0.39 is 5.92 Å². The van der Waals surface area contributed by atoms with Crippen molar-refractivity contribution in [2.24, 2.45) is 0 Å². The molecule has 0 unspecified atom stereocenters. The van der Waals surface area contributed by atoms with Crippen LogP contribution in [0.25, 0.3) is 0 Å². The number of carbonyl (C=O) groups excluding carboxylic acids is 2. The van der Waals surface area contributed by atoms with Gasteiger partial charge in [-0.05, 0) is 42.5 Å². The van der Waals surface area contributed by atoms with Crippen LogP contribution < -0.4 is 10.6 Å². The summed E-state index contributed by atoms with van der Waals surface area (Å²) in [6.07, 6.45) is 4.20. The maximum atomic E-state index is 12.7. The SMILES string of the molecule is O=C1C[C@@H](C(=O)Nc2cccc(C3CC3)c2)c2cccnc2N1. The smallest absolute Gasteiger partial charge is 0.232 e. The Bertz CT molecular complexity index is 783. The number of rotatable bonds is 3. The lowest BCUT2D eigenvalue weighted by molar-refractivity contribution is -0.123. The quantitative estimate of drug-likeness (QED) is 0.915. The Morgan fingerprint density at radius 1 is 1.22 bits per heavy atom. The van der Waals surface area contributed by atoms with Crippen molar-refractivity contribution in [2.45, 2.75) is 31.1 Å². The zero-order valence-electron chi connectivity index (χ0n) is 12.6. The predicted molar refractivity (Wildman–Crippen MR) is 87.3 cm³/mol. The molecule has 4 rings (SSSR count). The van der Waals surface area contributed by atoms with Crippen LogP contribution in [0.5, 0.6) is 0 Å². The summed E-state index contributed by atoms with van der Waals surface area (Å²) in [4.78, 5) is 28.6. The van der Waals surface area contributed by atoms with Crippen molar-refractivity contribution >= 4 is 23.3 Å². The van der Waals surface area contributed by atoms with Gasteiger partial charge in [0.15, 0.2) is 0 Å². The van der Waals surface area contributed by atoms with Gasteiger partial charge >= 0.3 is 0 Å². The van der Waals surface area contributed by atoms with Crippen LogP contribution >= 0.6 is 0 Å². The first-order valence-corrected chi connectivity index (χ1v) is 7.86. The number of carbonyl (C=O) groups is 2. The summed E-state index contributed by atoms with van der Waals surface area (Å²) in [5, 5.41) is 5.66. The van der Waals surface area contributed by atoms with E-state index in [1.54, 1.807) is 12.3 Å². The molecule has 0 spiro atoms. The maximum Gasteiger partial charge on any atom is 0.232 e. The highest BCUT2D eigenvalue weighted by Gasteiger charge is 2.31. The third-order valence-electron chi connectivity index (χ3n) is 4.38. The summed E-state index contributed by atoms with van der Waals surface area (Å²) in [6, 6.07) is 11.6. The van der Waals surface area contributed by atoms with E-state index in [-0.39, 0.29) is 18.2 Å². The number of hydrogen-bond acceptors (Lipinski definition) is 3. The zero-order valence-corrected chi connectivity index (χ0v) is 12.6. The van der Waals surface area contributed by atoms with Crippen LogP contribution in [0.1, 0.15) is 42.2 Å². The minimum atomic E-state index is -0.503. The molecule has 1 fully saturated rings. The first-order valence-electron chi connectivity index (χ1n) is 7.86. The highest BCUT2D eigenvalue weighted by molar-refractivity contribution is 6.04. The number of fused-ring (bicyclic) bond motifs is 1. The molecule has 2 heterocycles. The van der Waals surface area contributed by atoms with Crippen LogP contribution in [-0.4, -0.2) is 16.8 Å². The average molecular weight is 307 g/mol. The van der Waals surface area contributed by atoms with Gasteiger partial charge in [-0.1, -0.05) is 18.2 Å². The molecule has 5 heteroatoms. The minimum absolute atomic E-state index is 0.146. The van der Waals surface area contributed by atoms with Gasteiger partial charge in [0.25, 0.3) is 0 Å². The summed E-state index contributed by atoms with van der Waals surface area (Å²) in [5.74, 6) is 0.273. The molecular weight excluding hydrogens is 290 g/mol. The Hall–Kier alpha value is -2.69. The van der Waals surface area contributed by atoms with Crippen LogP contribution in [0, 0.1) is 0 Å². The lowest BCUT2D eigenvalue weighted by Crippen LogP contribution is -2.31. The molecule has 23 heavy (non-hydrogen) atoms. The lowest BCUT2D eigenvalue weighted by atomic mass is 9.92. The van der Waals surface area contributed by atoms with Crippen molar-refractivity contribution in [3.63, 3.8) is 0 Å². The summed E-state index contributed by atoms with van der Waals surface area (Å²) >= 11 is 0. The fourth-order valence-corrected chi connectivity index (χ4v) is 3.03. The Morgan fingerprint density at radius 3 is 2.91 bits per heavy atom. The number of pyridine rings is 1. The normalized spacial score (nSPS) is 19.7. The summed E-state index contributed by atoms with van der Waals surface area (Å²) in [5.41, 5.74) is 2.82. The average Bonchev–Trinajstić information content (AvgIpc) is 3.39. The molecule has 116 valence electrons. The van der Waals surface area contributed by atoms with Crippen LogP contribution in [-0.2, 0) is 9.59 Å². The number of anilines is 2. The molecule has 5 nitrogen and oxygen atoms in total. The van der Waals surface area contributed by atoms with Crippen molar-refractivity contribution in [1.29, 1.82) is 0 Å². The van der Waals surface area contributed by atoms with Gasteiger partial charge < -0.3 is 10.6 Å². The second-order valence-electron chi connectivity index (χ2n) is 6.14. The first-order chi connectivity index (χ1) is 11.2. The highest BCUT2D eigenvalue weighted by atomic mass is 16.2. The predicted octanol–water partition coefficient (Wildman–Crippen LogP) is 3.02. The van der Waals surface area contributed by atoms with Crippen LogP contribution in [0.3, 0.4) is 0 Å². The molecule has 0 saturated heterocycles. The largest absolute Gasteiger partial charge is 0.326 e. The van der Waals surface area contributed by atoms with Crippen molar-refractivity contribution in [3.05, 3.63) is 53.7 Å². The topological polar surface area (TPSA) is 71.1 Å². The van der Waals surface area contributed by atoms with Gasteiger partial charge in [-0.3, -0.25) is 9.59 Å². The Balaban J connectivity index is 1.57. The molecule has 0 bridgehead atoms. The Labute approximate surface area is 134 Å². The number of aromatic nitrogens is 1. The molecule has 0 radical (unpaired) electrons. The first kappa shape index (κ1) is 13.9. The fourth-order valence-electron chi connectivity index (χ4n) is 3.03. The lowest BCUT2D eigenvalue weighted by Gasteiger charge is -2.23. The molecule has 1 aromatic heterocycles. The van der Waals surface area contributed by atoms with Crippen molar-refractivity contribution in [2.75, 3.05) is 10.6 Å². The number of hydrogen-bond donors (Lipinski definition) is 2. The number of nitrogens with one attached hydrogen (secondary N) is 2. The zero-order chi connectivity index (χ0) is 15.8. The molecule has 1 atom stereocenters. The summed E-state index contributed by atoms with van der Waals surface area (Å²) in [7, 11) is 0. The van der Waals surface area contributed by atoms with Crippen LogP contribution in [0.4, 0.5) is 11.5 Å². The van der Waals surface area contributed by atoms with E-state index in [2.05, 4.69) is 21.7 Å². The van der Waals surface area contributed by atoms with Gasteiger partial charge in [0.05, 0.1) is 5.92 Å². The molecule has 1 saturated carbocycles. The van der Waals surface area contributed by atoms with Gasteiger partial charge in [-0.25, -0.2) is 4.98 Å². The second kappa shape index (κ2) is 5.50. The van der Waals surface area contributed by atoms with E-state index in [0.717, 1.165) is 11.3 Å². The minimum Gasteiger partial charge on any atom is -0.326 e. The summed E-state index contributed by atoms with van der Waals surface area (Å²) < 4.78 is 0. The molecule has 1 aromatic carbocycles. The monoisotopic (exact) mass is 307 g/mol. The van der Waals surface area contributed by atoms with E-state index in [9.17, 15) is 9.59 Å². The van der Waals surface area contributed by atoms with Gasteiger partial charge in [-0.15, -0.1) is 0 Å². The van der Waals surface area contributed by atoms with Crippen molar-refractivity contribution in [3.8, 4) is 0 Å². The van der Waals surface area contributed by atoms with E-state index in [0.29, 0.717) is 11.7 Å². The Kier molecular flexibility index (Phi) is 3.33. The molecule has 1 aliphatic heterocycles. The van der Waals surface area contributed by atoms with E-state index in [1.165, 1.54) is 18.4 Å². The van der Waals surface area contributed by atoms with E-state index >= 15 is 0 Å². The third kappa shape index (κ3) is 2.82. The van der Waals surface area contributed by atoms with Gasteiger partial charge in [0, 0.05) is 23.9 Å². The van der Waals surface area contributed by atoms with Gasteiger partial charge in [0.1, 0.15) is 5.82 Å². The van der Waals surface area contributed by atoms with Gasteiger partial charge in [0.2, 0.25) is 11.8 Å². The van der Waals surface area contributed by atoms with Crippen molar-refractivity contribution in [1.82, 2.24) is 4.98 Å². The fraction of sp³-hybridized carbons (Fsp3) is 0.278. The number of amides is 2. The highest BCUT2D eigenvalue weighted by Crippen LogP contribution is 2.40. The molecular formula is C18H17N3O2. The molecule has 2 aliphatic rings. The van der Waals surface area contributed by atoms with E-state index in [4.69, 9.17) is 0 Å². The van der Waals surface area contributed by atoms with Crippen LogP contribution in [0.2, 0.25) is 0 Å². The Morgan fingerprint density at radius 2 is 2.09 bits per heavy atom. The standard InChI is InChI=1S/C18H17N3O2/c22-16-10-15(14-5-2-8-19-17(14)21-16)18(23)20-13-4-1-3-12(9-13)11-6-7-11/h1-5,8-9,11,15H,6-7,10H2,(H,20,23)(H,19,21,22)/t15-/m1/s1. The summed E-state index contributed by atoms with van der Waals surface area (Å²) in [6.45, 7) is 0. The molecule has 1 aliphatic carbocycles. The molecule has 2 amide bonds. The molecule has 2 aromatic rings. The van der Waals surface area contributed by atoms with E-state index in [1.807, 2.05) is 24.3 Å². The van der Waals surface area contributed by atoms with Crippen LogP contribution in [0.15, 0.2) is 42.6 Å². The third-order valence-corrected chi connectivity index (χ3v) is 4.38.